The summed E-state index contributed by atoms with van der Waals surface area (Å²) in [5.74, 6) is -0.134. The number of carbonyl (C=O) groups excluding carboxylic acids is 1. The molecule has 0 N–H and O–H groups in total. The summed E-state index contributed by atoms with van der Waals surface area (Å²) in [5, 5.41) is 4.11. The van der Waals surface area contributed by atoms with Gasteiger partial charge in [0, 0.05) is 13.1 Å². The molecule has 1 aromatic rings. The van der Waals surface area contributed by atoms with Crippen LogP contribution in [0.25, 0.3) is 0 Å². The average Bonchev–Trinajstić information content (AvgIpc) is 2.13. The van der Waals surface area contributed by atoms with Crippen molar-refractivity contribution < 1.29 is 4.79 Å². The summed E-state index contributed by atoms with van der Waals surface area (Å²) in [6.07, 6.45) is 1.59. The highest BCUT2D eigenvalue weighted by Gasteiger charge is 2.04. The van der Waals surface area contributed by atoms with Gasteiger partial charge in [0.25, 0.3) is 0 Å². The van der Waals surface area contributed by atoms with Crippen LogP contribution < -0.4 is 0 Å². The zero-order chi connectivity index (χ0) is 7.72. The molecule has 0 radical (unpaired) electrons. The fourth-order valence-corrected chi connectivity index (χ4v) is 0.995. The quantitative estimate of drug-likeness (QED) is 0.674. The molecule has 0 bridgehead atoms. The van der Waals surface area contributed by atoms with Gasteiger partial charge in [0.2, 0.25) is 5.91 Å². The number of hydrogen-bond donors (Lipinski definition) is 0. The second kappa shape index (κ2) is 2.87. The van der Waals surface area contributed by atoms with Crippen LogP contribution in [0, 0.1) is 3.57 Å². The molecular weight excluding hydrogens is 266 g/mol. The Morgan fingerprint density at radius 2 is 2.50 bits per heavy atom. The third kappa shape index (κ3) is 1.49. The van der Waals surface area contributed by atoms with Crippen LogP contribution in [0.1, 0.15) is 11.7 Å². The van der Waals surface area contributed by atoms with E-state index in [9.17, 15) is 4.79 Å². The van der Waals surface area contributed by atoms with Gasteiger partial charge in [0.1, 0.15) is 0 Å². The topological polar surface area (TPSA) is 34.9 Å². The van der Waals surface area contributed by atoms with Gasteiger partial charge in [-0.15, -0.1) is 0 Å². The predicted octanol–water partition coefficient (Wildman–Crippen LogP) is 1.80. The third-order valence-electron chi connectivity index (χ3n) is 0.951. The number of nitrogens with zero attached hydrogens (tertiary/aromatic N) is 2. The first kappa shape index (κ1) is 8.00. The number of halogens is 2. The van der Waals surface area contributed by atoms with E-state index in [1.807, 2.05) is 22.6 Å². The van der Waals surface area contributed by atoms with E-state index in [0.717, 1.165) is 3.57 Å². The number of rotatable bonds is 0. The molecule has 0 fully saturated rings. The van der Waals surface area contributed by atoms with E-state index in [1.54, 1.807) is 6.20 Å². The van der Waals surface area contributed by atoms with Gasteiger partial charge in [-0.2, -0.15) is 5.10 Å². The molecule has 0 unspecified atom stereocenters. The zero-order valence-electron chi connectivity index (χ0n) is 5.14. The van der Waals surface area contributed by atoms with Gasteiger partial charge >= 0.3 is 0 Å². The molecule has 5 heteroatoms. The molecule has 1 rings (SSSR count). The van der Waals surface area contributed by atoms with Gasteiger partial charge in [-0.1, -0.05) is 11.6 Å². The molecule has 3 nitrogen and oxygen atoms in total. The Kier molecular flexibility index (Phi) is 2.30. The fraction of sp³-hybridized carbons (Fsp3) is 0.200. The van der Waals surface area contributed by atoms with Crippen molar-refractivity contribution in [2.24, 2.45) is 0 Å². The van der Waals surface area contributed by atoms with Gasteiger partial charge in [-0.25, -0.2) is 4.68 Å². The highest BCUT2D eigenvalue weighted by molar-refractivity contribution is 14.1. The van der Waals surface area contributed by atoms with Crippen molar-refractivity contribution >= 4 is 40.1 Å². The molecule has 0 aromatic carbocycles. The SMILES string of the molecule is CC(=O)n1cc(I)c(Cl)n1. The van der Waals surface area contributed by atoms with Gasteiger partial charge in [-0.3, -0.25) is 4.79 Å². The van der Waals surface area contributed by atoms with Gasteiger partial charge in [0.05, 0.1) is 3.57 Å². The lowest BCUT2D eigenvalue weighted by Gasteiger charge is -1.87. The van der Waals surface area contributed by atoms with Crippen molar-refractivity contribution in [1.29, 1.82) is 0 Å². The predicted molar refractivity (Wildman–Crippen MR) is 46.3 cm³/mol. The molecule has 1 aromatic heterocycles. The summed E-state index contributed by atoms with van der Waals surface area (Å²) in [7, 11) is 0. The molecule has 10 heavy (non-hydrogen) atoms. The minimum atomic E-state index is -0.134. The van der Waals surface area contributed by atoms with Crippen LogP contribution in [-0.2, 0) is 0 Å². The van der Waals surface area contributed by atoms with Crippen molar-refractivity contribution in [3.8, 4) is 0 Å². The number of hydrogen-bond acceptors (Lipinski definition) is 2. The Morgan fingerprint density at radius 1 is 1.90 bits per heavy atom. The largest absolute Gasteiger partial charge is 0.273 e. The third-order valence-corrected chi connectivity index (χ3v) is 2.34. The van der Waals surface area contributed by atoms with Crippen LogP contribution in [0.2, 0.25) is 5.15 Å². The van der Waals surface area contributed by atoms with E-state index >= 15 is 0 Å². The first-order valence-electron chi connectivity index (χ1n) is 2.53. The van der Waals surface area contributed by atoms with Crippen molar-refractivity contribution in [3.05, 3.63) is 14.9 Å². The highest BCUT2D eigenvalue weighted by atomic mass is 127. The van der Waals surface area contributed by atoms with Crippen molar-refractivity contribution in [3.63, 3.8) is 0 Å². The summed E-state index contributed by atoms with van der Waals surface area (Å²) in [6.45, 7) is 1.43. The molecule has 0 aliphatic heterocycles. The Balaban J connectivity index is 3.10. The van der Waals surface area contributed by atoms with Crippen molar-refractivity contribution in [2.75, 3.05) is 0 Å². The Bertz CT molecular complexity index is 251. The standard InChI is InChI=1S/C5H4ClIN2O/c1-3(10)9-2-4(7)5(6)8-9/h2H,1H3. The maximum Gasteiger partial charge on any atom is 0.243 e. The summed E-state index contributed by atoms with van der Waals surface area (Å²) >= 11 is 7.59. The summed E-state index contributed by atoms with van der Waals surface area (Å²) in [5.41, 5.74) is 0. The van der Waals surface area contributed by atoms with E-state index in [4.69, 9.17) is 11.6 Å². The normalized spacial score (nSPS) is 9.90. The maximum absolute atomic E-state index is 10.6. The molecule has 0 atom stereocenters. The van der Waals surface area contributed by atoms with Gasteiger partial charge < -0.3 is 0 Å². The molecule has 1 heterocycles. The lowest BCUT2D eigenvalue weighted by molar-refractivity contribution is 0.0921. The molecule has 54 valence electrons. The lowest BCUT2D eigenvalue weighted by atomic mass is 10.7. The van der Waals surface area contributed by atoms with Crippen molar-refractivity contribution in [1.82, 2.24) is 9.78 Å². The lowest BCUT2D eigenvalue weighted by Crippen LogP contribution is -2.05. The van der Waals surface area contributed by atoms with Gasteiger partial charge in [-0.05, 0) is 22.6 Å². The Labute approximate surface area is 76.5 Å². The first-order chi connectivity index (χ1) is 4.61. The van der Waals surface area contributed by atoms with Crippen LogP contribution in [0.3, 0.4) is 0 Å². The molecule has 0 aliphatic carbocycles. The second-order valence-electron chi connectivity index (χ2n) is 1.73. The monoisotopic (exact) mass is 270 g/mol. The van der Waals surface area contributed by atoms with Crippen LogP contribution in [0.15, 0.2) is 6.20 Å². The maximum atomic E-state index is 10.6. The summed E-state index contributed by atoms with van der Waals surface area (Å²) in [4.78, 5) is 10.6. The molecule has 0 spiro atoms. The smallest absolute Gasteiger partial charge is 0.243 e. The highest BCUT2D eigenvalue weighted by Crippen LogP contribution is 2.14. The van der Waals surface area contributed by atoms with E-state index in [-0.39, 0.29) is 5.91 Å². The second-order valence-corrected chi connectivity index (χ2v) is 3.25. The molecule has 0 saturated carbocycles. The number of carbonyl (C=O) groups is 1. The Morgan fingerprint density at radius 3 is 2.70 bits per heavy atom. The molecule has 0 aliphatic rings. The summed E-state index contributed by atoms with van der Waals surface area (Å²) < 4.78 is 2.00. The van der Waals surface area contributed by atoms with Crippen LogP contribution >= 0.6 is 34.2 Å². The van der Waals surface area contributed by atoms with Crippen molar-refractivity contribution in [2.45, 2.75) is 6.92 Å². The van der Waals surface area contributed by atoms with Crippen LogP contribution in [0.5, 0.6) is 0 Å². The van der Waals surface area contributed by atoms with Gasteiger partial charge in [0.15, 0.2) is 5.15 Å². The molecule has 0 saturated heterocycles. The minimum absolute atomic E-state index is 0.134. The van der Waals surface area contributed by atoms with Crippen LogP contribution in [-0.4, -0.2) is 15.7 Å². The van der Waals surface area contributed by atoms with E-state index in [2.05, 4.69) is 5.10 Å². The van der Waals surface area contributed by atoms with Crippen LogP contribution in [0.4, 0.5) is 0 Å². The first-order valence-corrected chi connectivity index (χ1v) is 3.98. The fourth-order valence-electron chi connectivity index (χ4n) is 0.493. The zero-order valence-corrected chi connectivity index (χ0v) is 8.05. The van der Waals surface area contributed by atoms with E-state index in [1.165, 1.54) is 11.6 Å². The molecular formula is C5H4ClIN2O. The Hall–Kier alpha value is -0.100. The number of aromatic nitrogens is 2. The van der Waals surface area contributed by atoms with E-state index in [0.29, 0.717) is 5.15 Å². The summed E-state index contributed by atoms with van der Waals surface area (Å²) in [6, 6.07) is 0. The molecule has 0 amide bonds. The van der Waals surface area contributed by atoms with E-state index < -0.39 is 0 Å². The minimum Gasteiger partial charge on any atom is -0.273 e. The average molecular weight is 270 g/mol.